The Morgan fingerprint density at radius 1 is 1.60 bits per heavy atom. The third kappa shape index (κ3) is 3.01. The molecule has 2 heterocycles. The van der Waals surface area contributed by atoms with Crippen molar-refractivity contribution in [2.45, 2.75) is 31.9 Å². The summed E-state index contributed by atoms with van der Waals surface area (Å²) in [6, 6.07) is 4.63. The maximum Gasteiger partial charge on any atom is 0.0700 e. The third-order valence-electron chi connectivity index (χ3n) is 2.92. The molecular formula is C12H18N2O. The van der Waals surface area contributed by atoms with Gasteiger partial charge in [0.25, 0.3) is 0 Å². The molecule has 1 N–H and O–H groups in total. The molecular weight excluding hydrogens is 188 g/mol. The minimum atomic E-state index is 0.360. The first-order valence-corrected chi connectivity index (χ1v) is 5.60. The van der Waals surface area contributed by atoms with Crippen molar-refractivity contribution in [3.05, 3.63) is 30.1 Å². The zero-order valence-corrected chi connectivity index (χ0v) is 9.15. The highest BCUT2D eigenvalue weighted by Crippen LogP contribution is 2.12. The zero-order chi connectivity index (χ0) is 10.5. The molecule has 1 aliphatic heterocycles. The lowest BCUT2D eigenvalue weighted by Crippen LogP contribution is -2.35. The van der Waals surface area contributed by atoms with Crippen LogP contribution in [-0.2, 0) is 11.2 Å². The summed E-state index contributed by atoms with van der Waals surface area (Å²) in [5.74, 6) is 0. The fourth-order valence-corrected chi connectivity index (χ4v) is 1.95. The van der Waals surface area contributed by atoms with Crippen LogP contribution in [0, 0.1) is 0 Å². The molecule has 1 aromatic rings. The molecule has 2 unspecified atom stereocenters. The van der Waals surface area contributed by atoms with E-state index in [2.05, 4.69) is 23.3 Å². The van der Waals surface area contributed by atoms with Crippen LogP contribution in [0.4, 0.5) is 0 Å². The van der Waals surface area contributed by atoms with Crippen molar-refractivity contribution in [2.75, 3.05) is 13.2 Å². The second kappa shape index (κ2) is 5.24. The van der Waals surface area contributed by atoms with E-state index >= 15 is 0 Å². The van der Waals surface area contributed by atoms with E-state index in [1.54, 1.807) is 0 Å². The van der Waals surface area contributed by atoms with Gasteiger partial charge in [0.1, 0.15) is 0 Å². The SMILES string of the molecule is CC1OCCC1NCCc1cccnc1. The van der Waals surface area contributed by atoms with Crippen molar-refractivity contribution < 1.29 is 4.74 Å². The number of nitrogens with zero attached hydrogens (tertiary/aromatic N) is 1. The molecule has 15 heavy (non-hydrogen) atoms. The van der Waals surface area contributed by atoms with Gasteiger partial charge in [-0.3, -0.25) is 4.98 Å². The van der Waals surface area contributed by atoms with Crippen LogP contribution in [0.25, 0.3) is 0 Å². The molecule has 82 valence electrons. The van der Waals surface area contributed by atoms with Crippen molar-refractivity contribution >= 4 is 0 Å². The van der Waals surface area contributed by atoms with Crippen LogP contribution in [0.1, 0.15) is 18.9 Å². The molecule has 0 aromatic carbocycles. The Bertz CT molecular complexity index is 289. The first kappa shape index (κ1) is 10.6. The summed E-state index contributed by atoms with van der Waals surface area (Å²) in [5, 5.41) is 3.53. The highest BCUT2D eigenvalue weighted by molar-refractivity contribution is 5.08. The summed E-state index contributed by atoms with van der Waals surface area (Å²) in [6.07, 6.45) is 6.27. The van der Waals surface area contributed by atoms with Crippen molar-refractivity contribution in [3.63, 3.8) is 0 Å². The second-order valence-corrected chi connectivity index (χ2v) is 4.04. The van der Waals surface area contributed by atoms with Crippen molar-refractivity contribution in [1.29, 1.82) is 0 Å². The van der Waals surface area contributed by atoms with Gasteiger partial charge < -0.3 is 10.1 Å². The van der Waals surface area contributed by atoms with E-state index in [0.717, 1.165) is 26.0 Å². The summed E-state index contributed by atoms with van der Waals surface area (Å²) in [4.78, 5) is 4.10. The minimum absolute atomic E-state index is 0.360. The predicted molar refractivity (Wildman–Crippen MR) is 59.8 cm³/mol. The van der Waals surface area contributed by atoms with Crippen LogP contribution in [0.3, 0.4) is 0 Å². The fourth-order valence-electron chi connectivity index (χ4n) is 1.95. The van der Waals surface area contributed by atoms with Crippen LogP contribution >= 0.6 is 0 Å². The quantitative estimate of drug-likeness (QED) is 0.808. The second-order valence-electron chi connectivity index (χ2n) is 4.04. The zero-order valence-electron chi connectivity index (χ0n) is 9.15. The van der Waals surface area contributed by atoms with Gasteiger partial charge in [0, 0.05) is 25.0 Å². The van der Waals surface area contributed by atoms with Crippen LogP contribution in [0.2, 0.25) is 0 Å². The van der Waals surface area contributed by atoms with Gasteiger partial charge in [-0.15, -0.1) is 0 Å². The fraction of sp³-hybridized carbons (Fsp3) is 0.583. The topological polar surface area (TPSA) is 34.1 Å². The van der Waals surface area contributed by atoms with Gasteiger partial charge in [0.15, 0.2) is 0 Å². The highest BCUT2D eigenvalue weighted by Gasteiger charge is 2.22. The van der Waals surface area contributed by atoms with Crippen molar-refractivity contribution in [3.8, 4) is 0 Å². The Balaban J connectivity index is 1.71. The number of pyridine rings is 1. The number of rotatable bonds is 4. The lowest BCUT2D eigenvalue weighted by molar-refractivity contribution is 0.113. The molecule has 0 radical (unpaired) electrons. The van der Waals surface area contributed by atoms with E-state index in [9.17, 15) is 0 Å². The number of nitrogens with one attached hydrogen (secondary N) is 1. The van der Waals surface area contributed by atoms with Crippen LogP contribution in [-0.4, -0.2) is 30.3 Å². The van der Waals surface area contributed by atoms with Gasteiger partial charge in [0.2, 0.25) is 0 Å². The molecule has 0 aliphatic carbocycles. The summed E-state index contributed by atoms with van der Waals surface area (Å²) in [5.41, 5.74) is 1.29. The lowest BCUT2D eigenvalue weighted by atomic mass is 10.1. The lowest BCUT2D eigenvalue weighted by Gasteiger charge is -2.15. The van der Waals surface area contributed by atoms with Crippen molar-refractivity contribution in [2.24, 2.45) is 0 Å². The van der Waals surface area contributed by atoms with Crippen molar-refractivity contribution in [1.82, 2.24) is 10.3 Å². The van der Waals surface area contributed by atoms with E-state index in [1.807, 2.05) is 18.5 Å². The molecule has 0 saturated carbocycles. The van der Waals surface area contributed by atoms with Gasteiger partial charge in [-0.05, 0) is 37.9 Å². The third-order valence-corrected chi connectivity index (χ3v) is 2.92. The molecule has 2 atom stereocenters. The number of ether oxygens (including phenoxy) is 1. The van der Waals surface area contributed by atoms with E-state index in [-0.39, 0.29) is 0 Å². The smallest absolute Gasteiger partial charge is 0.0700 e. The van der Waals surface area contributed by atoms with Crippen LogP contribution < -0.4 is 5.32 Å². The molecule has 0 bridgehead atoms. The minimum Gasteiger partial charge on any atom is -0.377 e. The van der Waals surface area contributed by atoms with Gasteiger partial charge in [-0.1, -0.05) is 6.07 Å². The van der Waals surface area contributed by atoms with Crippen LogP contribution in [0.5, 0.6) is 0 Å². The summed E-state index contributed by atoms with van der Waals surface area (Å²) in [7, 11) is 0. The molecule has 0 spiro atoms. The van der Waals surface area contributed by atoms with Gasteiger partial charge >= 0.3 is 0 Å². The molecule has 3 nitrogen and oxygen atoms in total. The summed E-state index contributed by atoms with van der Waals surface area (Å²) < 4.78 is 5.49. The summed E-state index contributed by atoms with van der Waals surface area (Å²) >= 11 is 0. The van der Waals surface area contributed by atoms with E-state index < -0.39 is 0 Å². The van der Waals surface area contributed by atoms with Gasteiger partial charge in [-0.2, -0.15) is 0 Å². The average Bonchev–Trinajstić information content (AvgIpc) is 2.66. The number of hydrogen-bond acceptors (Lipinski definition) is 3. The largest absolute Gasteiger partial charge is 0.377 e. The molecule has 2 rings (SSSR count). The van der Waals surface area contributed by atoms with E-state index in [4.69, 9.17) is 4.74 Å². The number of aromatic nitrogens is 1. The Labute approximate surface area is 90.9 Å². The van der Waals surface area contributed by atoms with Gasteiger partial charge in [-0.25, -0.2) is 0 Å². The average molecular weight is 206 g/mol. The normalized spacial score (nSPS) is 25.7. The molecule has 1 aliphatic rings. The van der Waals surface area contributed by atoms with E-state index in [1.165, 1.54) is 5.56 Å². The molecule has 1 fully saturated rings. The maximum absolute atomic E-state index is 5.49. The highest BCUT2D eigenvalue weighted by atomic mass is 16.5. The Morgan fingerprint density at radius 3 is 3.20 bits per heavy atom. The molecule has 1 aromatic heterocycles. The molecule has 3 heteroatoms. The first-order valence-electron chi connectivity index (χ1n) is 5.60. The van der Waals surface area contributed by atoms with Gasteiger partial charge in [0.05, 0.1) is 6.10 Å². The van der Waals surface area contributed by atoms with E-state index in [0.29, 0.717) is 12.1 Å². The first-order chi connectivity index (χ1) is 7.36. The predicted octanol–water partition coefficient (Wildman–Crippen LogP) is 1.39. The molecule has 0 amide bonds. The van der Waals surface area contributed by atoms with Crippen LogP contribution in [0.15, 0.2) is 24.5 Å². The monoisotopic (exact) mass is 206 g/mol. The Hall–Kier alpha value is -0.930. The Kier molecular flexibility index (Phi) is 3.69. The number of hydrogen-bond donors (Lipinski definition) is 1. The maximum atomic E-state index is 5.49. The summed E-state index contributed by atoms with van der Waals surface area (Å²) in [6.45, 7) is 4.03. The molecule has 1 saturated heterocycles. The standard InChI is InChI=1S/C12H18N2O/c1-10-12(5-8-15-10)14-7-4-11-3-2-6-13-9-11/h2-3,6,9-10,12,14H,4-5,7-8H2,1H3. The Morgan fingerprint density at radius 2 is 2.53 bits per heavy atom.